The molecule has 1 saturated carbocycles. The first-order valence-electron chi connectivity index (χ1n) is 6.31. The maximum Gasteiger partial charge on any atom is 0.252 e. The fourth-order valence-electron chi connectivity index (χ4n) is 2.32. The van der Waals surface area contributed by atoms with Gasteiger partial charge in [0.15, 0.2) is 0 Å². The SMILES string of the molecule is N#Cc1ccc(NC2CC(=O)N(C3CC3)C2=O)cc1. The second-order valence-electron chi connectivity index (χ2n) is 4.92. The van der Waals surface area contributed by atoms with Crippen LogP contribution in [-0.2, 0) is 9.59 Å². The molecule has 1 aliphatic heterocycles. The van der Waals surface area contributed by atoms with Gasteiger partial charge in [-0.05, 0) is 37.1 Å². The van der Waals surface area contributed by atoms with E-state index < -0.39 is 6.04 Å². The molecule has 2 amide bonds. The number of nitrogens with one attached hydrogen (secondary N) is 1. The minimum absolute atomic E-state index is 0.0846. The summed E-state index contributed by atoms with van der Waals surface area (Å²) in [6.45, 7) is 0. The number of hydrogen-bond acceptors (Lipinski definition) is 4. The highest BCUT2D eigenvalue weighted by molar-refractivity contribution is 6.07. The molecule has 19 heavy (non-hydrogen) atoms. The first kappa shape index (κ1) is 11.7. The predicted molar refractivity (Wildman–Crippen MR) is 68.1 cm³/mol. The number of likely N-dealkylation sites (tertiary alicyclic amines) is 1. The summed E-state index contributed by atoms with van der Waals surface area (Å²) in [6.07, 6.45) is 2.08. The standard InChI is InChI=1S/C14H13N3O2/c15-8-9-1-3-10(4-2-9)16-12-7-13(18)17(14(12)19)11-5-6-11/h1-4,11-12,16H,5-7H2. The van der Waals surface area contributed by atoms with Gasteiger partial charge in [0.1, 0.15) is 6.04 Å². The molecule has 1 N–H and O–H groups in total. The van der Waals surface area contributed by atoms with Crippen molar-refractivity contribution in [2.75, 3.05) is 5.32 Å². The first-order valence-corrected chi connectivity index (χ1v) is 6.31. The van der Waals surface area contributed by atoms with Gasteiger partial charge in [0.25, 0.3) is 5.91 Å². The highest BCUT2D eigenvalue weighted by atomic mass is 16.2. The van der Waals surface area contributed by atoms with Crippen LogP contribution in [0.5, 0.6) is 0 Å². The van der Waals surface area contributed by atoms with Gasteiger partial charge in [0, 0.05) is 11.7 Å². The maximum absolute atomic E-state index is 12.1. The summed E-state index contributed by atoms with van der Waals surface area (Å²) in [5, 5.41) is 11.8. The number of rotatable bonds is 3. The monoisotopic (exact) mass is 255 g/mol. The van der Waals surface area contributed by atoms with E-state index >= 15 is 0 Å². The van der Waals surface area contributed by atoms with Crippen molar-refractivity contribution in [1.82, 2.24) is 4.90 Å². The molecule has 2 aliphatic rings. The third-order valence-corrected chi connectivity index (χ3v) is 3.45. The van der Waals surface area contributed by atoms with Gasteiger partial charge >= 0.3 is 0 Å². The van der Waals surface area contributed by atoms with Crippen molar-refractivity contribution in [2.24, 2.45) is 0 Å². The Balaban J connectivity index is 1.71. The molecule has 1 aliphatic carbocycles. The van der Waals surface area contributed by atoms with Gasteiger partial charge < -0.3 is 5.32 Å². The molecular formula is C14H13N3O2. The lowest BCUT2D eigenvalue weighted by atomic mass is 10.2. The molecule has 5 heteroatoms. The Hall–Kier alpha value is -2.35. The van der Waals surface area contributed by atoms with Gasteiger partial charge in [0.2, 0.25) is 5.91 Å². The molecular weight excluding hydrogens is 242 g/mol. The van der Waals surface area contributed by atoms with Gasteiger partial charge in [-0.1, -0.05) is 0 Å². The van der Waals surface area contributed by atoms with E-state index in [2.05, 4.69) is 5.32 Å². The average Bonchev–Trinajstić information content (AvgIpc) is 3.19. The van der Waals surface area contributed by atoms with Crippen molar-refractivity contribution < 1.29 is 9.59 Å². The summed E-state index contributed by atoms with van der Waals surface area (Å²) >= 11 is 0. The Morgan fingerprint density at radius 1 is 1.21 bits per heavy atom. The molecule has 2 fully saturated rings. The molecule has 0 spiro atoms. The quantitative estimate of drug-likeness (QED) is 0.825. The van der Waals surface area contributed by atoms with E-state index in [1.807, 2.05) is 6.07 Å². The molecule has 3 rings (SSSR count). The number of anilines is 1. The number of benzene rings is 1. The number of imide groups is 1. The second kappa shape index (κ2) is 4.39. The van der Waals surface area contributed by atoms with E-state index in [4.69, 9.17) is 5.26 Å². The number of hydrogen-bond donors (Lipinski definition) is 1. The van der Waals surface area contributed by atoms with Crippen LogP contribution in [0.2, 0.25) is 0 Å². The fourth-order valence-corrected chi connectivity index (χ4v) is 2.32. The van der Waals surface area contributed by atoms with Crippen molar-refractivity contribution in [3.8, 4) is 6.07 Å². The summed E-state index contributed by atoms with van der Waals surface area (Å²) in [6, 6.07) is 8.56. The average molecular weight is 255 g/mol. The predicted octanol–water partition coefficient (Wildman–Crippen LogP) is 1.26. The molecule has 96 valence electrons. The molecule has 0 bridgehead atoms. The Bertz CT molecular complexity index is 569. The Morgan fingerprint density at radius 2 is 1.89 bits per heavy atom. The highest BCUT2D eigenvalue weighted by Gasteiger charge is 2.45. The van der Waals surface area contributed by atoms with Crippen LogP contribution in [0.3, 0.4) is 0 Å². The molecule has 1 saturated heterocycles. The third kappa shape index (κ3) is 2.17. The summed E-state index contributed by atoms with van der Waals surface area (Å²) in [4.78, 5) is 25.3. The van der Waals surface area contributed by atoms with Gasteiger partial charge in [-0.15, -0.1) is 0 Å². The van der Waals surface area contributed by atoms with E-state index in [0.29, 0.717) is 5.56 Å². The Kier molecular flexibility index (Phi) is 2.71. The van der Waals surface area contributed by atoms with E-state index in [0.717, 1.165) is 18.5 Å². The van der Waals surface area contributed by atoms with E-state index in [-0.39, 0.29) is 24.3 Å². The zero-order chi connectivity index (χ0) is 13.4. The van der Waals surface area contributed by atoms with Gasteiger partial charge in [-0.2, -0.15) is 5.26 Å². The Morgan fingerprint density at radius 3 is 2.47 bits per heavy atom. The molecule has 1 heterocycles. The van der Waals surface area contributed by atoms with Crippen molar-refractivity contribution in [1.29, 1.82) is 5.26 Å². The molecule has 1 aromatic rings. The largest absolute Gasteiger partial charge is 0.373 e. The fraction of sp³-hybridized carbons (Fsp3) is 0.357. The van der Waals surface area contributed by atoms with Crippen LogP contribution in [0, 0.1) is 11.3 Å². The van der Waals surface area contributed by atoms with E-state index in [9.17, 15) is 9.59 Å². The zero-order valence-electron chi connectivity index (χ0n) is 10.3. The summed E-state index contributed by atoms with van der Waals surface area (Å²) in [5.41, 5.74) is 1.32. The summed E-state index contributed by atoms with van der Waals surface area (Å²) < 4.78 is 0. The molecule has 1 aromatic carbocycles. The number of carbonyl (C=O) groups is 2. The van der Waals surface area contributed by atoms with Crippen LogP contribution in [0.15, 0.2) is 24.3 Å². The minimum Gasteiger partial charge on any atom is -0.373 e. The van der Waals surface area contributed by atoms with Crippen molar-refractivity contribution in [2.45, 2.75) is 31.3 Å². The van der Waals surface area contributed by atoms with E-state index in [1.165, 1.54) is 4.90 Å². The normalized spacial score (nSPS) is 22.5. The van der Waals surface area contributed by atoms with Gasteiger partial charge in [-0.25, -0.2) is 0 Å². The van der Waals surface area contributed by atoms with Crippen LogP contribution in [0.4, 0.5) is 5.69 Å². The number of amides is 2. The molecule has 0 radical (unpaired) electrons. The summed E-state index contributed by atoms with van der Waals surface area (Å²) in [5.74, 6) is -0.212. The number of nitriles is 1. The lowest BCUT2D eigenvalue weighted by Gasteiger charge is -2.15. The van der Waals surface area contributed by atoms with Crippen molar-refractivity contribution in [3.05, 3.63) is 29.8 Å². The zero-order valence-corrected chi connectivity index (χ0v) is 10.3. The third-order valence-electron chi connectivity index (χ3n) is 3.45. The highest BCUT2D eigenvalue weighted by Crippen LogP contribution is 2.32. The van der Waals surface area contributed by atoms with Crippen LogP contribution in [0.1, 0.15) is 24.8 Å². The number of carbonyl (C=O) groups excluding carboxylic acids is 2. The Labute approximate surface area is 110 Å². The van der Waals surface area contributed by atoms with Crippen LogP contribution in [-0.4, -0.2) is 28.8 Å². The van der Waals surface area contributed by atoms with Gasteiger partial charge in [-0.3, -0.25) is 14.5 Å². The summed E-state index contributed by atoms with van der Waals surface area (Å²) in [7, 11) is 0. The topological polar surface area (TPSA) is 73.2 Å². The lowest BCUT2D eigenvalue weighted by molar-refractivity contribution is -0.139. The van der Waals surface area contributed by atoms with Crippen LogP contribution < -0.4 is 5.32 Å². The maximum atomic E-state index is 12.1. The lowest BCUT2D eigenvalue weighted by Crippen LogP contribution is -2.36. The minimum atomic E-state index is -0.471. The van der Waals surface area contributed by atoms with Gasteiger partial charge in [0.05, 0.1) is 18.1 Å². The van der Waals surface area contributed by atoms with Crippen LogP contribution >= 0.6 is 0 Å². The molecule has 1 atom stereocenters. The number of nitrogens with zero attached hydrogens (tertiary/aromatic N) is 2. The smallest absolute Gasteiger partial charge is 0.252 e. The van der Waals surface area contributed by atoms with Crippen molar-refractivity contribution >= 4 is 17.5 Å². The van der Waals surface area contributed by atoms with E-state index in [1.54, 1.807) is 24.3 Å². The van der Waals surface area contributed by atoms with Crippen LogP contribution in [0.25, 0.3) is 0 Å². The molecule has 1 unspecified atom stereocenters. The van der Waals surface area contributed by atoms with Crippen molar-refractivity contribution in [3.63, 3.8) is 0 Å². The molecule has 5 nitrogen and oxygen atoms in total. The first-order chi connectivity index (χ1) is 9.19. The molecule has 0 aromatic heterocycles. The second-order valence-corrected chi connectivity index (χ2v) is 4.92.